The van der Waals surface area contributed by atoms with E-state index in [0.29, 0.717) is 12.5 Å². The van der Waals surface area contributed by atoms with Crippen LogP contribution in [0.4, 0.5) is 11.4 Å². The lowest BCUT2D eigenvalue weighted by molar-refractivity contribution is -0.116. The number of nitrogens with one attached hydrogen (secondary N) is 2. The second-order valence-corrected chi connectivity index (χ2v) is 6.77. The molecule has 2 heterocycles. The standard InChI is InChI=1S/C18H27N3O/c1-14-7-10-21(11-8-14)17-6-2-4-16(12-17)20-18(22)13-15-5-3-9-19-15/h2,4,6,12,14-15,19H,3,5,7-11,13H2,1H3,(H,20,22). The van der Waals surface area contributed by atoms with Gasteiger partial charge in [0.05, 0.1) is 0 Å². The molecular weight excluding hydrogens is 274 g/mol. The Hall–Kier alpha value is -1.55. The van der Waals surface area contributed by atoms with E-state index >= 15 is 0 Å². The number of carbonyl (C=O) groups is 1. The van der Waals surface area contributed by atoms with Crippen LogP contribution < -0.4 is 15.5 Å². The summed E-state index contributed by atoms with van der Waals surface area (Å²) < 4.78 is 0. The highest BCUT2D eigenvalue weighted by Crippen LogP contribution is 2.25. The van der Waals surface area contributed by atoms with Crippen molar-refractivity contribution >= 4 is 17.3 Å². The number of anilines is 2. The smallest absolute Gasteiger partial charge is 0.225 e. The van der Waals surface area contributed by atoms with E-state index in [-0.39, 0.29) is 5.91 Å². The normalized spacial score (nSPS) is 22.8. The van der Waals surface area contributed by atoms with Crippen molar-refractivity contribution < 1.29 is 4.79 Å². The first-order chi connectivity index (χ1) is 10.7. The van der Waals surface area contributed by atoms with Crippen LogP contribution in [0.3, 0.4) is 0 Å². The van der Waals surface area contributed by atoms with E-state index in [1.807, 2.05) is 12.1 Å². The summed E-state index contributed by atoms with van der Waals surface area (Å²) in [5, 5.41) is 6.42. The van der Waals surface area contributed by atoms with E-state index in [0.717, 1.165) is 37.7 Å². The molecule has 0 aliphatic carbocycles. The van der Waals surface area contributed by atoms with Crippen LogP contribution in [0, 0.1) is 5.92 Å². The summed E-state index contributed by atoms with van der Waals surface area (Å²) in [5.41, 5.74) is 2.14. The van der Waals surface area contributed by atoms with E-state index in [1.54, 1.807) is 0 Å². The second kappa shape index (κ2) is 7.14. The predicted molar refractivity (Wildman–Crippen MR) is 91.3 cm³/mol. The molecule has 0 radical (unpaired) electrons. The molecule has 4 nitrogen and oxygen atoms in total. The van der Waals surface area contributed by atoms with Gasteiger partial charge in [0.1, 0.15) is 0 Å². The van der Waals surface area contributed by atoms with Crippen LogP contribution >= 0.6 is 0 Å². The van der Waals surface area contributed by atoms with E-state index in [2.05, 4.69) is 34.6 Å². The van der Waals surface area contributed by atoms with Gasteiger partial charge >= 0.3 is 0 Å². The van der Waals surface area contributed by atoms with Gasteiger partial charge in [0.2, 0.25) is 5.91 Å². The Morgan fingerprint density at radius 1 is 1.32 bits per heavy atom. The highest BCUT2D eigenvalue weighted by atomic mass is 16.1. The molecule has 4 heteroatoms. The fourth-order valence-corrected chi connectivity index (χ4v) is 3.41. The van der Waals surface area contributed by atoms with Gasteiger partial charge in [-0.1, -0.05) is 13.0 Å². The molecule has 2 saturated heterocycles. The van der Waals surface area contributed by atoms with Crippen LogP contribution in [0.1, 0.15) is 39.0 Å². The first-order valence-electron chi connectivity index (χ1n) is 8.59. The van der Waals surface area contributed by atoms with Crippen LogP contribution in [0.2, 0.25) is 0 Å². The van der Waals surface area contributed by atoms with Gasteiger partial charge in [-0.15, -0.1) is 0 Å². The van der Waals surface area contributed by atoms with Gasteiger partial charge in [-0.3, -0.25) is 4.79 Å². The quantitative estimate of drug-likeness (QED) is 0.898. The Kier molecular flexibility index (Phi) is 4.98. The number of rotatable bonds is 4. The summed E-state index contributed by atoms with van der Waals surface area (Å²) in [6.07, 6.45) is 5.37. The molecular formula is C18H27N3O. The molecule has 1 unspecified atom stereocenters. The lowest BCUT2D eigenvalue weighted by atomic mass is 9.99. The third-order valence-electron chi connectivity index (χ3n) is 4.87. The molecule has 22 heavy (non-hydrogen) atoms. The van der Waals surface area contributed by atoms with Crippen LogP contribution in [-0.2, 0) is 4.79 Å². The highest BCUT2D eigenvalue weighted by Gasteiger charge is 2.19. The van der Waals surface area contributed by atoms with Gasteiger partial charge in [-0.25, -0.2) is 0 Å². The maximum atomic E-state index is 12.1. The Balaban J connectivity index is 1.57. The van der Waals surface area contributed by atoms with Crippen LogP contribution in [0.5, 0.6) is 0 Å². The first kappa shape index (κ1) is 15.3. The Morgan fingerprint density at radius 3 is 2.86 bits per heavy atom. The Bertz CT molecular complexity index is 503. The van der Waals surface area contributed by atoms with Crippen molar-refractivity contribution in [2.45, 2.75) is 45.1 Å². The second-order valence-electron chi connectivity index (χ2n) is 6.77. The monoisotopic (exact) mass is 301 g/mol. The SMILES string of the molecule is CC1CCN(c2cccc(NC(=O)CC3CCCN3)c2)CC1. The summed E-state index contributed by atoms with van der Waals surface area (Å²) >= 11 is 0. The third kappa shape index (κ3) is 4.01. The molecule has 3 rings (SSSR count). The molecule has 0 aromatic heterocycles. The molecule has 1 aromatic rings. The van der Waals surface area contributed by atoms with Gasteiger partial charge in [-0.05, 0) is 56.3 Å². The van der Waals surface area contributed by atoms with Crippen molar-refractivity contribution in [2.75, 3.05) is 29.9 Å². The molecule has 1 amide bonds. The van der Waals surface area contributed by atoms with Crippen molar-refractivity contribution in [3.63, 3.8) is 0 Å². The van der Waals surface area contributed by atoms with Gasteiger partial charge in [0.15, 0.2) is 0 Å². The molecule has 1 atom stereocenters. The zero-order chi connectivity index (χ0) is 15.4. The summed E-state index contributed by atoms with van der Waals surface area (Å²) in [4.78, 5) is 14.6. The van der Waals surface area contributed by atoms with Gasteiger partial charge < -0.3 is 15.5 Å². The molecule has 0 bridgehead atoms. The number of piperidine rings is 1. The maximum absolute atomic E-state index is 12.1. The predicted octanol–water partition coefficient (Wildman–Crippen LogP) is 3.00. The van der Waals surface area contributed by atoms with Gasteiger partial charge in [0, 0.05) is 36.9 Å². The minimum absolute atomic E-state index is 0.115. The maximum Gasteiger partial charge on any atom is 0.225 e. The third-order valence-corrected chi connectivity index (χ3v) is 4.87. The number of amides is 1. The highest BCUT2D eigenvalue weighted by molar-refractivity contribution is 5.91. The largest absolute Gasteiger partial charge is 0.371 e. The van der Waals surface area contributed by atoms with E-state index < -0.39 is 0 Å². The fourth-order valence-electron chi connectivity index (χ4n) is 3.41. The van der Waals surface area contributed by atoms with Crippen LogP contribution in [0.15, 0.2) is 24.3 Å². The average molecular weight is 301 g/mol. The van der Waals surface area contributed by atoms with Crippen molar-refractivity contribution in [3.05, 3.63) is 24.3 Å². The van der Waals surface area contributed by atoms with Crippen molar-refractivity contribution in [1.29, 1.82) is 0 Å². The minimum Gasteiger partial charge on any atom is -0.371 e. The first-order valence-corrected chi connectivity index (χ1v) is 8.59. The fraction of sp³-hybridized carbons (Fsp3) is 0.611. The number of hydrogen-bond acceptors (Lipinski definition) is 3. The molecule has 120 valence electrons. The molecule has 0 saturated carbocycles. The van der Waals surface area contributed by atoms with Crippen molar-refractivity contribution in [1.82, 2.24) is 5.32 Å². The van der Waals surface area contributed by atoms with Crippen LogP contribution in [-0.4, -0.2) is 31.6 Å². The summed E-state index contributed by atoms with van der Waals surface area (Å²) in [5.74, 6) is 0.946. The molecule has 2 aliphatic rings. The summed E-state index contributed by atoms with van der Waals surface area (Å²) in [6.45, 7) is 5.60. The number of benzene rings is 1. The lowest BCUT2D eigenvalue weighted by Gasteiger charge is -2.32. The number of carbonyl (C=O) groups excluding carboxylic acids is 1. The van der Waals surface area contributed by atoms with E-state index in [9.17, 15) is 4.79 Å². The molecule has 2 N–H and O–H groups in total. The zero-order valence-corrected chi connectivity index (χ0v) is 13.5. The Morgan fingerprint density at radius 2 is 2.14 bits per heavy atom. The molecule has 1 aromatic carbocycles. The lowest BCUT2D eigenvalue weighted by Crippen LogP contribution is -2.32. The van der Waals surface area contributed by atoms with Gasteiger partial charge in [0.25, 0.3) is 0 Å². The van der Waals surface area contributed by atoms with Crippen LogP contribution in [0.25, 0.3) is 0 Å². The molecule has 0 spiro atoms. The molecule has 2 fully saturated rings. The minimum atomic E-state index is 0.115. The summed E-state index contributed by atoms with van der Waals surface area (Å²) in [6, 6.07) is 8.62. The summed E-state index contributed by atoms with van der Waals surface area (Å²) in [7, 11) is 0. The average Bonchev–Trinajstić information content (AvgIpc) is 3.01. The zero-order valence-electron chi connectivity index (χ0n) is 13.5. The van der Waals surface area contributed by atoms with Crippen molar-refractivity contribution in [2.24, 2.45) is 5.92 Å². The topological polar surface area (TPSA) is 44.4 Å². The van der Waals surface area contributed by atoms with Gasteiger partial charge in [-0.2, -0.15) is 0 Å². The van der Waals surface area contributed by atoms with E-state index in [4.69, 9.17) is 0 Å². The molecule has 2 aliphatic heterocycles. The number of hydrogen-bond donors (Lipinski definition) is 2. The van der Waals surface area contributed by atoms with Crippen molar-refractivity contribution in [3.8, 4) is 0 Å². The van der Waals surface area contributed by atoms with E-state index in [1.165, 1.54) is 24.9 Å². The Labute approximate surface area is 133 Å². The number of nitrogens with zero attached hydrogens (tertiary/aromatic N) is 1.